The fourth-order valence-electron chi connectivity index (χ4n) is 2.80. The van der Waals surface area contributed by atoms with Gasteiger partial charge in [-0.05, 0) is 59.7 Å². The second-order valence-corrected chi connectivity index (χ2v) is 7.73. The molecule has 2 amide bonds. The van der Waals surface area contributed by atoms with Crippen molar-refractivity contribution < 1.29 is 27.5 Å². The minimum Gasteiger partial charge on any atom is -0.484 e. The van der Waals surface area contributed by atoms with Crippen LogP contribution in [-0.2, 0) is 4.79 Å². The molecule has 5 nitrogen and oxygen atoms in total. The largest absolute Gasteiger partial charge is 0.484 e. The van der Waals surface area contributed by atoms with Crippen molar-refractivity contribution in [3.05, 3.63) is 70.2 Å². The number of nitrogens with one attached hydrogen (secondary N) is 2. The number of hydrogen-bond donors (Lipinski definition) is 2. The summed E-state index contributed by atoms with van der Waals surface area (Å²) in [5, 5.41) is 6.39. The van der Waals surface area contributed by atoms with Gasteiger partial charge in [-0.2, -0.15) is 13.2 Å². The maximum Gasteiger partial charge on any atom is 0.405 e. The van der Waals surface area contributed by atoms with E-state index in [1.54, 1.807) is 24.4 Å². The molecule has 0 spiro atoms. The minimum atomic E-state index is -4.51. The van der Waals surface area contributed by atoms with Crippen LogP contribution in [0.15, 0.2) is 59.1 Å². The predicted octanol–water partition coefficient (Wildman–Crippen LogP) is 5.22. The van der Waals surface area contributed by atoms with Gasteiger partial charge in [0.1, 0.15) is 12.3 Å². The molecule has 9 heteroatoms. The first-order valence-corrected chi connectivity index (χ1v) is 9.97. The monoisotopic (exact) mass is 494 g/mol. The first-order valence-electron chi connectivity index (χ1n) is 9.18. The minimum absolute atomic E-state index is 0.00626. The molecule has 0 atom stereocenters. The Bertz CT molecular complexity index is 1130. The van der Waals surface area contributed by atoms with E-state index in [-0.39, 0.29) is 12.2 Å². The molecule has 0 saturated carbocycles. The zero-order chi connectivity index (χ0) is 22.6. The van der Waals surface area contributed by atoms with E-state index in [1.807, 2.05) is 30.3 Å². The number of anilines is 1. The number of carbonyl (C=O) groups is 2. The van der Waals surface area contributed by atoms with Crippen molar-refractivity contribution in [2.24, 2.45) is 0 Å². The molecular weight excluding hydrogens is 477 g/mol. The van der Waals surface area contributed by atoms with E-state index in [0.29, 0.717) is 17.0 Å². The lowest BCUT2D eigenvalue weighted by molar-refractivity contribution is -0.123. The number of amides is 2. The Morgan fingerprint density at radius 2 is 1.71 bits per heavy atom. The number of ether oxygens (including phenoxy) is 1. The molecule has 31 heavy (non-hydrogen) atoms. The summed E-state index contributed by atoms with van der Waals surface area (Å²) in [6.45, 7) is -0.000736. The maximum absolute atomic E-state index is 12.3. The lowest BCUT2D eigenvalue weighted by Gasteiger charge is -2.12. The van der Waals surface area contributed by atoms with Crippen molar-refractivity contribution in [3.63, 3.8) is 0 Å². The number of carbonyl (C=O) groups excluding carboxylic acids is 2. The number of halogens is 4. The van der Waals surface area contributed by atoms with Gasteiger partial charge in [0.25, 0.3) is 11.8 Å². The number of hydrogen-bond acceptors (Lipinski definition) is 3. The zero-order valence-corrected chi connectivity index (χ0v) is 17.9. The third-order valence-corrected chi connectivity index (χ3v) is 4.86. The van der Waals surface area contributed by atoms with Crippen LogP contribution in [0.3, 0.4) is 0 Å². The summed E-state index contributed by atoms with van der Waals surface area (Å²) in [5.41, 5.74) is 0.973. The SMILES string of the molecule is Cc1ccc(C(=O)NCC(F)(F)F)cc1NC(=O)COc1ccc2cc(Br)ccc2c1. The lowest BCUT2D eigenvalue weighted by atomic mass is 10.1. The van der Waals surface area contributed by atoms with Crippen molar-refractivity contribution in [1.82, 2.24) is 5.32 Å². The Hall–Kier alpha value is -3.07. The predicted molar refractivity (Wildman–Crippen MR) is 115 cm³/mol. The fourth-order valence-corrected chi connectivity index (χ4v) is 3.18. The molecule has 3 rings (SSSR count). The van der Waals surface area contributed by atoms with E-state index in [0.717, 1.165) is 15.2 Å². The number of fused-ring (bicyclic) bond motifs is 1. The molecule has 0 aliphatic carbocycles. The Balaban J connectivity index is 1.62. The van der Waals surface area contributed by atoms with Crippen molar-refractivity contribution in [2.45, 2.75) is 13.1 Å². The Morgan fingerprint density at radius 1 is 1.00 bits per heavy atom. The molecule has 0 fully saturated rings. The van der Waals surface area contributed by atoms with Crippen LogP contribution in [-0.4, -0.2) is 31.1 Å². The summed E-state index contributed by atoms with van der Waals surface area (Å²) in [4.78, 5) is 24.2. The van der Waals surface area contributed by atoms with Crippen LogP contribution in [0, 0.1) is 6.92 Å². The summed E-state index contributed by atoms with van der Waals surface area (Å²) in [5.74, 6) is -0.833. The van der Waals surface area contributed by atoms with Gasteiger partial charge in [-0.15, -0.1) is 0 Å². The van der Waals surface area contributed by atoms with Crippen molar-refractivity contribution in [2.75, 3.05) is 18.5 Å². The molecular formula is C22H18BrF3N2O3. The molecule has 0 saturated heterocycles. The molecule has 0 aliphatic heterocycles. The van der Waals surface area contributed by atoms with E-state index >= 15 is 0 Å². The van der Waals surface area contributed by atoms with E-state index in [1.165, 1.54) is 12.1 Å². The van der Waals surface area contributed by atoms with E-state index in [2.05, 4.69) is 21.2 Å². The molecule has 0 heterocycles. The van der Waals surface area contributed by atoms with Crippen LogP contribution in [0.2, 0.25) is 0 Å². The highest BCUT2D eigenvalue weighted by atomic mass is 79.9. The van der Waals surface area contributed by atoms with Gasteiger partial charge in [0, 0.05) is 15.7 Å². The van der Waals surface area contributed by atoms with Crippen LogP contribution in [0.5, 0.6) is 5.75 Å². The molecule has 0 aliphatic rings. The summed E-state index contributed by atoms with van der Waals surface area (Å²) in [6.07, 6.45) is -4.51. The van der Waals surface area contributed by atoms with E-state index in [4.69, 9.17) is 4.74 Å². The second kappa shape index (κ2) is 9.38. The van der Waals surface area contributed by atoms with E-state index < -0.39 is 24.5 Å². The standard InChI is InChI=1S/C22H18BrF3N2O3/c1-13-2-3-16(21(30)27-12-22(24,25)26)10-19(13)28-20(29)11-31-18-7-5-14-8-17(23)6-4-15(14)9-18/h2-10H,11-12H2,1H3,(H,27,30)(H,28,29). The number of aryl methyl sites for hydroxylation is 1. The van der Waals surface area contributed by atoms with Crippen molar-refractivity contribution in [1.29, 1.82) is 0 Å². The van der Waals surface area contributed by atoms with Gasteiger partial charge in [-0.3, -0.25) is 9.59 Å². The average molecular weight is 495 g/mol. The van der Waals surface area contributed by atoms with Gasteiger partial charge in [-0.25, -0.2) is 0 Å². The Morgan fingerprint density at radius 3 is 2.45 bits per heavy atom. The van der Waals surface area contributed by atoms with Crippen LogP contribution in [0.1, 0.15) is 15.9 Å². The normalized spacial score (nSPS) is 11.3. The lowest BCUT2D eigenvalue weighted by Crippen LogP contribution is -2.33. The molecule has 3 aromatic rings. The number of alkyl halides is 3. The summed E-state index contributed by atoms with van der Waals surface area (Å²) in [7, 11) is 0. The highest BCUT2D eigenvalue weighted by molar-refractivity contribution is 9.10. The Kier molecular flexibility index (Phi) is 6.84. The fraction of sp³-hybridized carbons (Fsp3) is 0.182. The highest BCUT2D eigenvalue weighted by Crippen LogP contribution is 2.24. The van der Waals surface area contributed by atoms with Crippen LogP contribution in [0.4, 0.5) is 18.9 Å². The Labute approximate surface area is 184 Å². The van der Waals surface area contributed by atoms with Crippen LogP contribution < -0.4 is 15.4 Å². The maximum atomic E-state index is 12.3. The third kappa shape index (κ3) is 6.45. The molecule has 0 unspecified atom stereocenters. The molecule has 0 aromatic heterocycles. The topological polar surface area (TPSA) is 67.4 Å². The molecule has 0 radical (unpaired) electrons. The number of rotatable bonds is 6. The smallest absolute Gasteiger partial charge is 0.405 e. The van der Waals surface area contributed by atoms with Gasteiger partial charge in [0.15, 0.2) is 6.61 Å². The van der Waals surface area contributed by atoms with Gasteiger partial charge in [0.2, 0.25) is 0 Å². The second-order valence-electron chi connectivity index (χ2n) is 6.82. The van der Waals surface area contributed by atoms with Gasteiger partial charge >= 0.3 is 6.18 Å². The quantitative estimate of drug-likeness (QED) is 0.493. The highest BCUT2D eigenvalue weighted by Gasteiger charge is 2.28. The average Bonchev–Trinajstić information content (AvgIpc) is 2.71. The van der Waals surface area contributed by atoms with Gasteiger partial charge < -0.3 is 15.4 Å². The van der Waals surface area contributed by atoms with Crippen LogP contribution in [0.25, 0.3) is 10.8 Å². The summed E-state index contributed by atoms with van der Waals surface area (Å²) in [6, 6.07) is 15.5. The molecule has 0 bridgehead atoms. The zero-order valence-electron chi connectivity index (χ0n) is 16.3. The van der Waals surface area contributed by atoms with Crippen molar-refractivity contribution in [3.8, 4) is 5.75 Å². The van der Waals surface area contributed by atoms with Crippen LogP contribution >= 0.6 is 15.9 Å². The van der Waals surface area contributed by atoms with Crippen molar-refractivity contribution >= 4 is 44.2 Å². The third-order valence-electron chi connectivity index (χ3n) is 4.37. The van der Waals surface area contributed by atoms with E-state index in [9.17, 15) is 22.8 Å². The molecule has 2 N–H and O–H groups in total. The molecule has 3 aromatic carbocycles. The summed E-state index contributed by atoms with van der Waals surface area (Å²) >= 11 is 3.41. The number of benzene rings is 3. The van der Waals surface area contributed by atoms with Gasteiger partial charge in [0.05, 0.1) is 0 Å². The first kappa shape index (κ1) is 22.6. The first-order chi connectivity index (χ1) is 14.6. The molecule has 162 valence electrons. The van der Waals surface area contributed by atoms with Gasteiger partial charge in [-0.1, -0.05) is 34.1 Å². The summed E-state index contributed by atoms with van der Waals surface area (Å²) < 4.78 is 43.4.